The van der Waals surface area contributed by atoms with Crippen molar-refractivity contribution in [2.24, 2.45) is 10.7 Å². The molecule has 0 spiro atoms. The first kappa shape index (κ1) is 17.5. The van der Waals surface area contributed by atoms with E-state index >= 15 is 0 Å². The molecule has 1 unspecified atom stereocenters. The lowest BCUT2D eigenvalue weighted by Gasteiger charge is -2.26. The Bertz CT molecular complexity index is 820. The van der Waals surface area contributed by atoms with E-state index in [2.05, 4.69) is 9.98 Å². The Hall–Kier alpha value is -2.90. The average molecular weight is 336 g/mol. The SMILES string of the molecule is C.CN1C(=O)C(c2cc(F)cc(F)c2)(c2ccnc(F)c2)N=C1N. The summed E-state index contributed by atoms with van der Waals surface area (Å²) in [7, 11) is 1.37. The summed E-state index contributed by atoms with van der Waals surface area (Å²) in [6.45, 7) is 0. The van der Waals surface area contributed by atoms with Gasteiger partial charge in [-0.05, 0) is 35.4 Å². The lowest BCUT2D eigenvalue weighted by atomic mass is 9.83. The maximum atomic E-state index is 13.6. The summed E-state index contributed by atoms with van der Waals surface area (Å²) in [6, 6.07) is 4.93. The van der Waals surface area contributed by atoms with Crippen molar-refractivity contribution in [2.45, 2.75) is 13.0 Å². The molecule has 1 aliphatic heterocycles. The highest BCUT2D eigenvalue weighted by Crippen LogP contribution is 2.39. The van der Waals surface area contributed by atoms with Gasteiger partial charge in [-0.15, -0.1) is 0 Å². The number of nitrogens with two attached hydrogens (primary N) is 1. The molecule has 1 aromatic carbocycles. The van der Waals surface area contributed by atoms with E-state index in [-0.39, 0.29) is 24.5 Å². The molecule has 0 saturated heterocycles. The number of halogens is 3. The first-order valence-electron chi connectivity index (χ1n) is 6.56. The number of amides is 1. The van der Waals surface area contributed by atoms with Crippen LogP contribution < -0.4 is 5.73 Å². The number of hydrogen-bond acceptors (Lipinski definition) is 4. The Morgan fingerprint density at radius 3 is 2.21 bits per heavy atom. The fraction of sp³-hybridized carbons (Fsp3) is 0.188. The molecule has 3 rings (SSSR count). The average Bonchev–Trinajstić information content (AvgIpc) is 2.71. The van der Waals surface area contributed by atoms with E-state index in [1.165, 1.54) is 13.1 Å². The number of pyridine rings is 1. The number of aromatic nitrogens is 1. The predicted octanol–water partition coefficient (Wildman–Crippen LogP) is 2.17. The van der Waals surface area contributed by atoms with Gasteiger partial charge in [0, 0.05) is 19.3 Å². The van der Waals surface area contributed by atoms with E-state index in [0.717, 1.165) is 29.3 Å². The highest BCUT2D eigenvalue weighted by atomic mass is 19.1. The summed E-state index contributed by atoms with van der Waals surface area (Å²) >= 11 is 0. The third-order valence-electron chi connectivity index (χ3n) is 3.66. The zero-order valence-electron chi connectivity index (χ0n) is 11.9. The molecule has 0 fully saturated rings. The van der Waals surface area contributed by atoms with Gasteiger partial charge in [-0.2, -0.15) is 4.39 Å². The third kappa shape index (κ3) is 2.49. The summed E-state index contributed by atoms with van der Waals surface area (Å²) in [5.41, 5.74) is 3.83. The molecule has 0 aliphatic carbocycles. The Morgan fingerprint density at radius 2 is 1.71 bits per heavy atom. The lowest BCUT2D eigenvalue weighted by Crippen LogP contribution is -2.41. The van der Waals surface area contributed by atoms with E-state index in [9.17, 15) is 18.0 Å². The molecule has 5 nitrogen and oxygen atoms in total. The molecular weight excluding hydrogens is 321 g/mol. The number of aliphatic imine (C=N–C) groups is 1. The highest BCUT2D eigenvalue weighted by Gasteiger charge is 2.50. The standard InChI is InChI=1S/C15H11F3N4O.CH4/c1-22-13(23)15(21-14(22)19,8-2-3-20-12(18)6-8)9-4-10(16)7-11(17)5-9;/h2-7H,1H3,(H2,19,21);1H4. The Balaban J connectivity index is 0.00000208. The summed E-state index contributed by atoms with van der Waals surface area (Å²) < 4.78 is 40.8. The number of nitrogens with zero attached hydrogens (tertiary/aromatic N) is 3. The number of carbonyl (C=O) groups excluding carboxylic acids is 1. The second-order valence-electron chi connectivity index (χ2n) is 5.07. The second-order valence-corrected chi connectivity index (χ2v) is 5.07. The van der Waals surface area contributed by atoms with Crippen LogP contribution in [-0.4, -0.2) is 28.8 Å². The second kappa shape index (κ2) is 5.95. The van der Waals surface area contributed by atoms with E-state index < -0.39 is 29.0 Å². The topological polar surface area (TPSA) is 71.6 Å². The minimum atomic E-state index is -1.86. The van der Waals surface area contributed by atoms with Crippen molar-refractivity contribution in [3.63, 3.8) is 0 Å². The van der Waals surface area contributed by atoms with Crippen molar-refractivity contribution >= 4 is 11.9 Å². The largest absolute Gasteiger partial charge is 0.369 e. The number of hydrogen-bond donors (Lipinski definition) is 1. The Labute approximate surface area is 136 Å². The maximum Gasteiger partial charge on any atom is 0.266 e. The zero-order chi connectivity index (χ0) is 16.8. The molecule has 0 bridgehead atoms. The minimum absolute atomic E-state index is 0. The van der Waals surface area contributed by atoms with Crippen LogP contribution in [-0.2, 0) is 10.3 Å². The van der Waals surface area contributed by atoms with Gasteiger partial charge in [0.1, 0.15) is 11.6 Å². The number of likely N-dealkylation sites (N-methyl/N-ethyl adjacent to an activating group) is 1. The molecule has 1 atom stereocenters. The van der Waals surface area contributed by atoms with Crippen molar-refractivity contribution in [1.29, 1.82) is 0 Å². The van der Waals surface area contributed by atoms with Gasteiger partial charge in [-0.1, -0.05) is 7.43 Å². The summed E-state index contributed by atoms with van der Waals surface area (Å²) in [5.74, 6) is -3.41. The van der Waals surface area contributed by atoms with E-state index in [4.69, 9.17) is 5.73 Å². The molecule has 2 aromatic rings. The van der Waals surface area contributed by atoms with Gasteiger partial charge < -0.3 is 5.73 Å². The first-order chi connectivity index (χ1) is 10.8. The zero-order valence-corrected chi connectivity index (χ0v) is 11.9. The van der Waals surface area contributed by atoms with E-state index in [0.29, 0.717) is 6.07 Å². The summed E-state index contributed by atoms with van der Waals surface area (Å²) in [4.78, 5) is 21.3. The van der Waals surface area contributed by atoms with Gasteiger partial charge in [0.2, 0.25) is 5.95 Å². The minimum Gasteiger partial charge on any atom is -0.369 e. The molecule has 1 amide bonds. The van der Waals surface area contributed by atoms with Gasteiger partial charge in [0.15, 0.2) is 11.5 Å². The predicted molar refractivity (Wildman–Crippen MR) is 82.5 cm³/mol. The van der Waals surface area contributed by atoms with Gasteiger partial charge in [-0.25, -0.2) is 18.8 Å². The molecule has 2 N–H and O–H groups in total. The quantitative estimate of drug-likeness (QED) is 0.855. The molecule has 126 valence electrons. The fourth-order valence-electron chi connectivity index (χ4n) is 2.57. The van der Waals surface area contributed by atoms with Crippen molar-refractivity contribution in [3.8, 4) is 0 Å². The molecule has 2 heterocycles. The van der Waals surface area contributed by atoms with Crippen LogP contribution in [0.4, 0.5) is 13.2 Å². The highest BCUT2D eigenvalue weighted by molar-refractivity contribution is 6.08. The molecule has 24 heavy (non-hydrogen) atoms. The molecule has 0 radical (unpaired) electrons. The van der Waals surface area contributed by atoms with Crippen LogP contribution in [0.15, 0.2) is 41.5 Å². The smallest absolute Gasteiger partial charge is 0.266 e. The number of guanidine groups is 1. The normalized spacial score (nSPS) is 19.9. The first-order valence-corrected chi connectivity index (χ1v) is 6.56. The summed E-state index contributed by atoms with van der Waals surface area (Å²) in [5, 5.41) is 0. The van der Waals surface area contributed by atoms with Crippen LogP contribution >= 0.6 is 0 Å². The van der Waals surface area contributed by atoms with Crippen LogP contribution in [0.2, 0.25) is 0 Å². The number of rotatable bonds is 2. The monoisotopic (exact) mass is 336 g/mol. The Morgan fingerprint density at radius 1 is 1.08 bits per heavy atom. The van der Waals surface area contributed by atoms with Gasteiger partial charge in [0.25, 0.3) is 5.91 Å². The third-order valence-corrected chi connectivity index (χ3v) is 3.66. The van der Waals surface area contributed by atoms with E-state index in [1.54, 1.807) is 0 Å². The van der Waals surface area contributed by atoms with Crippen LogP contribution in [0.5, 0.6) is 0 Å². The van der Waals surface area contributed by atoms with Gasteiger partial charge in [-0.3, -0.25) is 9.69 Å². The van der Waals surface area contributed by atoms with Crippen molar-refractivity contribution < 1.29 is 18.0 Å². The molecule has 1 aromatic heterocycles. The summed E-state index contributed by atoms with van der Waals surface area (Å²) in [6.07, 6.45) is 1.14. The van der Waals surface area contributed by atoms with Crippen LogP contribution in [0, 0.1) is 17.6 Å². The lowest BCUT2D eigenvalue weighted by molar-refractivity contribution is -0.129. The number of benzene rings is 1. The van der Waals surface area contributed by atoms with Crippen LogP contribution in [0.1, 0.15) is 18.6 Å². The van der Waals surface area contributed by atoms with Gasteiger partial charge >= 0.3 is 0 Å². The fourth-order valence-corrected chi connectivity index (χ4v) is 2.57. The maximum absolute atomic E-state index is 13.6. The van der Waals surface area contributed by atoms with Crippen LogP contribution in [0.25, 0.3) is 0 Å². The molecule has 0 saturated carbocycles. The van der Waals surface area contributed by atoms with Crippen molar-refractivity contribution in [1.82, 2.24) is 9.88 Å². The van der Waals surface area contributed by atoms with Crippen molar-refractivity contribution in [2.75, 3.05) is 7.05 Å². The Kier molecular flexibility index (Phi) is 4.33. The molecule has 8 heteroatoms. The molecule has 1 aliphatic rings. The molecular formula is C16H15F3N4O. The van der Waals surface area contributed by atoms with E-state index in [1.807, 2.05) is 0 Å². The van der Waals surface area contributed by atoms with Crippen molar-refractivity contribution in [3.05, 3.63) is 65.2 Å². The van der Waals surface area contributed by atoms with Crippen LogP contribution in [0.3, 0.4) is 0 Å². The number of carbonyl (C=O) groups is 1. The van der Waals surface area contributed by atoms with Gasteiger partial charge in [0.05, 0.1) is 0 Å².